The number of nitrogens with zero attached hydrogens (tertiary/aromatic N) is 1. The number of aromatic nitrogens is 1. The first-order valence-electron chi connectivity index (χ1n) is 7.15. The van der Waals surface area contributed by atoms with E-state index in [0.29, 0.717) is 0 Å². The highest BCUT2D eigenvalue weighted by atomic mass is 16.5. The van der Waals surface area contributed by atoms with E-state index in [1.165, 1.54) is 25.7 Å². The van der Waals surface area contributed by atoms with Crippen molar-refractivity contribution in [1.82, 2.24) is 10.4 Å². The first kappa shape index (κ1) is 14.4. The standard InChI is InChI=1S/C15H25N3O/c1-12-9-13(11-17-10-12)14(18-16)15(19-2)7-5-3-4-6-8-15/h9-11,14,18H,3-8,16H2,1-2H3. The summed E-state index contributed by atoms with van der Waals surface area (Å²) in [7, 11) is 1.80. The average molecular weight is 263 g/mol. The largest absolute Gasteiger partial charge is 0.376 e. The molecule has 1 fully saturated rings. The van der Waals surface area contributed by atoms with Crippen molar-refractivity contribution in [3.63, 3.8) is 0 Å². The molecule has 1 aromatic rings. The molecular formula is C15H25N3O. The van der Waals surface area contributed by atoms with Gasteiger partial charge in [-0.3, -0.25) is 16.3 Å². The number of ether oxygens (including phenoxy) is 1. The van der Waals surface area contributed by atoms with Gasteiger partial charge in [-0.1, -0.05) is 31.7 Å². The quantitative estimate of drug-likeness (QED) is 0.498. The Hall–Kier alpha value is -0.970. The number of hydrogen-bond acceptors (Lipinski definition) is 4. The molecule has 106 valence electrons. The smallest absolute Gasteiger partial charge is 0.0886 e. The molecule has 3 N–H and O–H groups in total. The topological polar surface area (TPSA) is 60.2 Å². The second-order valence-corrected chi connectivity index (χ2v) is 5.58. The number of rotatable bonds is 4. The molecule has 1 aliphatic rings. The van der Waals surface area contributed by atoms with Gasteiger partial charge in [-0.15, -0.1) is 0 Å². The molecule has 0 radical (unpaired) electrons. The summed E-state index contributed by atoms with van der Waals surface area (Å²) in [6.07, 6.45) is 10.8. The Labute approximate surface area is 115 Å². The van der Waals surface area contributed by atoms with E-state index in [-0.39, 0.29) is 11.6 Å². The summed E-state index contributed by atoms with van der Waals surface area (Å²) < 4.78 is 5.94. The molecule has 0 bridgehead atoms. The zero-order chi connectivity index (χ0) is 13.7. The molecule has 0 spiro atoms. The van der Waals surface area contributed by atoms with Crippen LogP contribution in [0.25, 0.3) is 0 Å². The van der Waals surface area contributed by atoms with Gasteiger partial charge in [-0.05, 0) is 30.9 Å². The van der Waals surface area contributed by atoms with Gasteiger partial charge < -0.3 is 4.74 Å². The van der Waals surface area contributed by atoms with Gasteiger partial charge in [0, 0.05) is 19.5 Å². The predicted octanol–water partition coefficient (Wildman–Crippen LogP) is 2.63. The Bertz CT molecular complexity index is 400. The van der Waals surface area contributed by atoms with Crippen molar-refractivity contribution in [2.24, 2.45) is 5.84 Å². The van der Waals surface area contributed by atoms with Crippen LogP contribution in [0.2, 0.25) is 0 Å². The molecule has 1 aromatic heterocycles. The van der Waals surface area contributed by atoms with Crippen molar-refractivity contribution in [2.75, 3.05) is 7.11 Å². The highest BCUT2D eigenvalue weighted by Gasteiger charge is 2.39. The van der Waals surface area contributed by atoms with E-state index >= 15 is 0 Å². The van der Waals surface area contributed by atoms with Crippen molar-refractivity contribution in [2.45, 2.75) is 57.1 Å². The fourth-order valence-corrected chi connectivity index (χ4v) is 3.23. The Kier molecular flexibility index (Phi) is 4.91. The maximum atomic E-state index is 5.94. The van der Waals surface area contributed by atoms with E-state index < -0.39 is 0 Å². The van der Waals surface area contributed by atoms with Crippen LogP contribution in [-0.4, -0.2) is 17.7 Å². The Morgan fingerprint density at radius 3 is 2.47 bits per heavy atom. The summed E-state index contributed by atoms with van der Waals surface area (Å²) in [5.74, 6) is 5.84. The molecule has 19 heavy (non-hydrogen) atoms. The van der Waals surface area contributed by atoms with Gasteiger partial charge in [0.25, 0.3) is 0 Å². The third kappa shape index (κ3) is 3.14. The van der Waals surface area contributed by atoms with Crippen molar-refractivity contribution in [3.8, 4) is 0 Å². The van der Waals surface area contributed by atoms with Crippen molar-refractivity contribution in [3.05, 3.63) is 29.6 Å². The second kappa shape index (κ2) is 6.46. The lowest BCUT2D eigenvalue weighted by molar-refractivity contribution is -0.0542. The average Bonchev–Trinajstić information content (AvgIpc) is 2.66. The molecule has 4 heteroatoms. The zero-order valence-electron chi connectivity index (χ0n) is 12.0. The van der Waals surface area contributed by atoms with Crippen LogP contribution in [0.5, 0.6) is 0 Å². The minimum Gasteiger partial charge on any atom is -0.376 e. The lowest BCUT2D eigenvalue weighted by atomic mass is 9.82. The first-order chi connectivity index (χ1) is 9.22. The number of hydrogen-bond donors (Lipinski definition) is 2. The number of pyridine rings is 1. The van der Waals surface area contributed by atoms with Crippen LogP contribution >= 0.6 is 0 Å². The minimum absolute atomic E-state index is 0.00278. The summed E-state index contributed by atoms with van der Waals surface area (Å²) in [4.78, 5) is 4.29. The summed E-state index contributed by atoms with van der Waals surface area (Å²) in [5, 5.41) is 0. The highest BCUT2D eigenvalue weighted by molar-refractivity contribution is 5.23. The fraction of sp³-hybridized carbons (Fsp3) is 0.667. The lowest BCUT2D eigenvalue weighted by Gasteiger charge is -2.39. The number of methoxy groups -OCH3 is 1. The Morgan fingerprint density at radius 2 is 1.95 bits per heavy atom. The van der Waals surface area contributed by atoms with E-state index in [9.17, 15) is 0 Å². The normalized spacial score (nSPS) is 20.8. The summed E-state index contributed by atoms with van der Waals surface area (Å²) in [5.41, 5.74) is 5.03. The predicted molar refractivity (Wildman–Crippen MR) is 76.5 cm³/mol. The molecule has 0 aliphatic heterocycles. The minimum atomic E-state index is -0.208. The Balaban J connectivity index is 2.32. The summed E-state index contributed by atoms with van der Waals surface area (Å²) >= 11 is 0. The van der Waals surface area contributed by atoms with Gasteiger partial charge in [0.15, 0.2) is 0 Å². The van der Waals surface area contributed by atoms with E-state index in [1.54, 1.807) is 7.11 Å². The molecule has 2 rings (SSSR count). The monoisotopic (exact) mass is 263 g/mol. The van der Waals surface area contributed by atoms with Crippen LogP contribution in [0, 0.1) is 6.92 Å². The van der Waals surface area contributed by atoms with Crippen LogP contribution in [-0.2, 0) is 4.74 Å². The van der Waals surface area contributed by atoms with Gasteiger partial charge in [0.05, 0.1) is 11.6 Å². The van der Waals surface area contributed by atoms with Gasteiger partial charge in [-0.2, -0.15) is 0 Å². The van der Waals surface area contributed by atoms with E-state index in [4.69, 9.17) is 10.6 Å². The van der Waals surface area contributed by atoms with Gasteiger partial charge in [-0.25, -0.2) is 0 Å². The molecule has 0 saturated heterocycles. The molecule has 1 aliphatic carbocycles. The maximum Gasteiger partial charge on any atom is 0.0886 e. The Morgan fingerprint density at radius 1 is 1.26 bits per heavy atom. The number of aryl methyl sites for hydroxylation is 1. The van der Waals surface area contributed by atoms with Gasteiger partial charge in [0.1, 0.15) is 0 Å². The molecule has 1 unspecified atom stereocenters. The molecule has 4 nitrogen and oxygen atoms in total. The van der Waals surface area contributed by atoms with Gasteiger partial charge in [0.2, 0.25) is 0 Å². The second-order valence-electron chi connectivity index (χ2n) is 5.58. The summed E-state index contributed by atoms with van der Waals surface area (Å²) in [6.45, 7) is 2.05. The van der Waals surface area contributed by atoms with Crippen LogP contribution in [0.1, 0.15) is 55.7 Å². The van der Waals surface area contributed by atoms with Crippen LogP contribution < -0.4 is 11.3 Å². The zero-order valence-corrected chi connectivity index (χ0v) is 12.0. The molecule has 1 atom stereocenters. The molecule has 1 saturated carbocycles. The van der Waals surface area contributed by atoms with Crippen LogP contribution in [0.15, 0.2) is 18.5 Å². The van der Waals surface area contributed by atoms with Gasteiger partial charge >= 0.3 is 0 Å². The molecular weight excluding hydrogens is 238 g/mol. The van der Waals surface area contributed by atoms with Crippen molar-refractivity contribution in [1.29, 1.82) is 0 Å². The van der Waals surface area contributed by atoms with Crippen molar-refractivity contribution < 1.29 is 4.74 Å². The van der Waals surface area contributed by atoms with E-state index in [0.717, 1.165) is 24.0 Å². The van der Waals surface area contributed by atoms with E-state index in [1.807, 2.05) is 12.4 Å². The highest BCUT2D eigenvalue weighted by Crippen LogP contribution is 2.39. The molecule has 1 heterocycles. The number of nitrogens with two attached hydrogens (primary N) is 1. The van der Waals surface area contributed by atoms with E-state index in [2.05, 4.69) is 23.4 Å². The SMILES string of the molecule is COC1(C(NN)c2cncc(C)c2)CCCCCC1. The lowest BCUT2D eigenvalue weighted by Crippen LogP contribution is -2.48. The fourth-order valence-electron chi connectivity index (χ4n) is 3.23. The summed E-state index contributed by atoms with van der Waals surface area (Å²) in [6, 6.07) is 2.14. The first-order valence-corrected chi connectivity index (χ1v) is 7.15. The third-order valence-electron chi connectivity index (χ3n) is 4.28. The third-order valence-corrected chi connectivity index (χ3v) is 4.28. The van der Waals surface area contributed by atoms with Crippen LogP contribution in [0.4, 0.5) is 0 Å². The molecule has 0 aromatic carbocycles. The van der Waals surface area contributed by atoms with Crippen LogP contribution in [0.3, 0.4) is 0 Å². The van der Waals surface area contributed by atoms with Crippen molar-refractivity contribution >= 4 is 0 Å². The number of hydrazine groups is 1. The molecule has 0 amide bonds. The number of nitrogens with one attached hydrogen (secondary N) is 1. The maximum absolute atomic E-state index is 5.94.